The lowest BCUT2D eigenvalue weighted by Crippen LogP contribution is -2.60. The molecule has 0 spiro atoms. The second-order valence-electron chi connectivity index (χ2n) is 11.7. The smallest absolute Gasteiger partial charge is 0.408 e. The lowest BCUT2D eigenvalue weighted by atomic mass is 9.81. The van der Waals surface area contributed by atoms with Crippen LogP contribution in [0.2, 0.25) is 0 Å². The number of aromatic nitrogens is 1. The highest BCUT2D eigenvalue weighted by Gasteiger charge is 2.49. The Balaban J connectivity index is 1.76. The Kier molecular flexibility index (Phi) is 8.58. The van der Waals surface area contributed by atoms with Gasteiger partial charge in [-0.15, -0.1) is 11.3 Å². The van der Waals surface area contributed by atoms with Crippen molar-refractivity contribution in [1.29, 1.82) is 0 Å². The van der Waals surface area contributed by atoms with Gasteiger partial charge >= 0.3 is 6.09 Å². The minimum absolute atomic E-state index is 0.0208. The number of aryl methyl sites for hydroxylation is 1. The number of nitrogens with zero attached hydrogens (tertiary/aromatic N) is 3. The van der Waals surface area contributed by atoms with Crippen molar-refractivity contribution in [2.75, 3.05) is 6.54 Å². The summed E-state index contributed by atoms with van der Waals surface area (Å²) in [5.41, 5.74) is 2.90. The fraction of sp³-hybridized carbons (Fsp3) is 0.571. The molecule has 0 radical (unpaired) electrons. The van der Waals surface area contributed by atoms with Gasteiger partial charge in [-0.3, -0.25) is 14.5 Å². The summed E-state index contributed by atoms with van der Waals surface area (Å²) in [4.78, 5) is 47.3. The summed E-state index contributed by atoms with van der Waals surface area (Å²) in [5, 5.41) is 23.3. The number of aliphatic hydroxyl groups excluding tert-OH is 1. The SMILES string of the molecule is Cc1ncsc1-c1ccc([C@H](C)NC(=O)C2CC(O)CN2C(=O)C(C)(C)C(C)N(C(=O)O)C(C)(C)C)cc1. The highest BCUT2D eigenvalue weighted by atomic mass is 32.1. The normalized spacial score (nSPS) is 19.7. The second-order valence-corrected chi connectivity index (χ2v) is 12.6. The van der Waals surface area contributed by atoms with Crippen molar-refractivity contribution in [2.45, 2.75) is 91.6 Å². The van der Waals surface area contributed by atoms with Crippen LogP contribution in [0.1, 0.15) is 72.2 Å². The first kappa shape index (κ1) is 29.6. The summed E-state index contributed by atoms with van der Waals surface area (Å²) in [6.07, 6.45) is -1.83. The van der Waals surface area contributed by atoms with Crippen LogP contribution in [0.4, 0.5) is 4.79 Å². The third kappa shape index (κ3) is 6.02. The molecule has 0 aliphatic carbocycles. The summed E-state index contributed by atoms with van der Waals surface area (Å²) >= 11 is 1.58. The molecule has 3 rings (SSSR count). The van der Waals surface area contributed by atoms with E-state index in [2.05, 4.69) is 10.3 Å². The molecule has 1 saturated heterocycles. The Labute approximate surface area is 228 Å². The minimum Gasteiger partial charge on any atom is -0.465 e. The third-order valence-corrected chi connectivity index (χ3v) is 8.51. The van der Waals surface area contributed by atoms with Crippen molar-refractivity contribution in [3.05, 3.63) is 41.0 Å². The van der Waals surface area contributed by atoms with Gasteiger partial charge in [0.2, 0.25) is 11.8 Å². The summed E-state index contributed by atoms with van der Waals surface area (Å²) in [7, 11) is 0. The van der Waals surface area contributed by atoms with Gasteiger partial charge in [-0.25, -0.2) is 9.78 Å². The van der Waals surface area contributed by atoms with Crippen LogP contribution in [0.5, 0.6) is 0 Å². The highest BCUT2D eigenvalue weighted by Crippen LogP contribution is 2.35. The van der Waals surface area contributed by atoms with Crippen molar-refractivity contribution in [2.24, 2.45) is 5.41 Å². The number of carbonyl (C=O) groups is 3. The number of carboxylic acid groups (broad SMARTS) is 1. The number of β-amino-alcohol motifs (C(OH)–C–C–N with tert-alkyl or cyclic N) is 1. The molecule has 0 bridgehead atoms. The first-order chi connectivity index (χ1) is 17.6. The number of thiazole rings is 1. The zero-order valence-electron chi connectivity index (χ0n) is 23.5. The van der Waals surface area contributed by atoms with E-state index in [9.17, 15) is 24.6 Å². The number of likely N-dealkylation sites (tertiary alicyclic amines) is 1. The van der Waals surface area contributed by atoms with Gasteiger partial charge in [-0.1, -0.05) is 24.3 Å². The van der Waals surface area contributed by atoms with E-state index in [0.29, 0.717) is 0 Å². The maximum atomic E-state index is 13.8. The molecule has 1 aromatic heterocycles. The topological polar surface area (TPSA) is 123 Å². The summed E-state index contributed by atoms with van der Waals surface area (Å²) in [6.45, 7) is 14.3. The molecule has 0 saturated carbocycles. The molecule has 3 amide bonds. The highest BCUT2D eigenvalue weighted by molar-refractivity contribution is 7.13. The average molecular weight is 545 g/mol. The van der Waals surface area contributed by atoms with Crippen LogP contribution in [0.3, 0.4) is 0 Å². The molecular formula is C28H40N4O5S. The van der Waals surface area contributed by atoms with Crippen LogP contribution >= 0.6 is 11.3 Å². The number of carbonyl (C=O) groups excluding carboxylic acids is 2. The first-order valence-electron chi connectivity index (χ1n) is 12.9. The fourth-order valence-electron chi connectivity index (χ4n) is 5.09. The van der Waals surface area contributed by atoms with Gasteiger partial charge < -0.3 is 20.4 Å². The fourth-order valence-corrected chi connectivity index (χ4v) is 5.90. The third-order valence-electron chi connectivity index (χ3n) is 7.53. The largest absolute Gasteiger partial charge is 0.465 e. The van der Waals surface area contributed by atoms with Gasteiger partial charge in [0.05, 0.1) is 33.6 Å². The number of hydrogen-bond acceptors (Lipinski definition) is 6. The van der Waals surface area contributed by atoms with Crippen LogP contribution < -0.4 is 5.32 Å². The van der Waals surface area contributed by atoms with Gasteiger partial charge in [0, 0.05) is 24.5 Å². The van der Waals surface area contributed by atoms with Crippen LogP contribution in [-0.4, -0.2) is 73.2 Å². The molecule has 9 nitrogen and oxygen atoms in total. The van der Waals surface area contributed by atoms with Crippen LogP contribution in [-0.2, 0) is 9.59 Å². The summed E-state index contributed by atoms with van der Waals surface area (Å²) in [6, 6.07) is 6.09. The van der Waals surface area contributed by atoms with E-state index in [-0.39, 0.29) is 30.8 Å². The summed E-state index contributed by atoms with van der Waals surface area (Å²) in [5.74, 6) is -0.715. The Bertz CT molecular complexity index is 1170. The summed E-state index contributed by atoms with van der Waals surface area (Å²) < 4.78 is 0. The molecule has 10 heteroatoms. The molecule has 38 heavy (non-hydrogen) atoms. The molecule has 1 aliphatic heterocycles. The van der Waals surface area contributed by atoms with Gasteiger partial charge in [0.25, 0.3) is 0 Å². The van der Waals surface area contributed by atoms with Crippen molar-refractivity contribution in [3.8, 4) is 10.4 Å². The number of amides is 3. The Morgan fingerprint density at radius 1 is 1.13 bits per heavy atom. The van der Waals surface area contributed by atoms with Crippen molar-refractivity contribution >= 4 is 29.2 Å². The lowest BCUT2D eigenvalue weighted by Gasteiger charge is -2.45. The van der Waals surface area contributed by atoms with E-state index in [1.54, 1.807) is 52.9 Å². The predicted octanol–water partition coefficient (Wildman–Crippen LogP) is 4.45. The maximum absolute atomic E-state index is 13.8. The predicted molar refractivity (Wildman–Crippen MR) is 148 cm³/mol. The number of hydrogen-bond donors (Lipinski definition) is 3. The number of aliphatic hydroxyl groups is 1. The molecule has 3 N–H and O–H groups in total. The van der Waals surface area contributed by atoms with Gasteiger partial charge in [-0.05, 0) is 66.5 Å². The van der Waals surface area contributed by atoms with Gasteiger partial charge in [0.15, 0.2) is 0 Å². The Morgan fingerprint density at radius 3 is 2.24 bits per heavy atom. The molecule has 2 heterocycles. The minimum atomic E-state index is -1.13. The van der Waals surface area contributed by atoms with E-state index < -0.39 is 35.2 Å². The van der Waals surface area contributed by atoms with Gasteiger partial charge in [0.1, 0.15) is 6.04 Å². The lowest BCUT2D eigenvalue weighted by molar-refractivity contribution is -0.149. The average Bonchev–Trinajstić information content (AvgIpc) is 3.42. The molecule has 208 valence electrons. The molecule has 1 aliphatic rings. The molecule has 1 fully saturated rings. The van der Waals surface area contributed by atoms with Crippen molar-refractivity contribution in [3.63, 3.8) is 0 Å². The monoisotopic (exact) mass is 544 g/mol. The molecule has 2 aromatic rings. The Hall–Kier alpha value is -2.98. The molecular weight excluding hydrogens is 504 g/mol. The van der Waals surface area contributed by atoms with E-state index >= 15 is 0 Å². The number of rotatable bonds is 7. The molecule has 4 atom stereocenters. The maximum Gasteiger partial charge on any atom is 0.408 e. The van der Waals surface area contributed by atoms with Crippen molar-refractivity contribution in [1.82, 2.24) is 20.1 Å². The first-order valence-corrected chi connectivity index (χ1v) is 13.8. The molecule has 1 aromatic carbocycles. The van der Waals surface area contributed by atoms with E-state index in [1.807, 2.05) is 43.6 Å². The molecule has 3 unspecified atom stereocenters. The van der Waals surface area contributed by atoms with E-state index in [0.717, 1.165) is 21.7 Å². The van der Waals surface area contributed by atoms with Crippen LogP contribution in [0.25, 0.3) is 10.4 Å². The zero-order valence-corrected chi connectivity index (χ0v) is 24.3. The Morgan fingerprint density at radius 2 is 1.74 bits per heavy atom. The van der Waals surface area contributed by atoms with Crippen LogP contribution in [0, 0.1) is 12.3 Å². The number of benzene rings is 1. The van der Waals surface area contributed by atoms with E-state index in [4.69, 9.17) is 0 Å². The zero-order chi connectivity index (χ0) is 28.6. The second kappa shape index (κ2) is 11.0. The van der Waals surface area contributed by atoms with Crippen molar-refractivity contribution < 1.29 is 24.6 Å². The quantitative estimate of drug-likeness (QED) is 0.473. The van der Waals surface area contributed by atoms with Crippen LogP contribution in [0.15, 0.2) is 29.8 Å². The van der Waals surface area contributed by atoms with Gasteiger partial charge in [-0.2, -0.15) is 0 Å². The van der Waals surface area contributed by atoms with E-state index in [1.165, 1.54) is 9.80 Å². The number of nitrogens with one attached hydrogen (secondary N) is 1. The standard InChI is InChI=1S/C28H40N4O5S/c1-16(19-9-11-20(12-10-19)23-17(2)29-15-38-23)30-24(34)22-13-21(33)14-31(22)25(35)28(7,8)18(3)32(26(36)37)27(4,5)6/h9-12,15-16,18,21-22,33H,13-14H2,1-8H3,(H,30,34)(H,36,37)/t16-,18?,21?,22?/m0/s1.